The highest BCUT2D eigenvalue weighted by molar-refractivity contribution is 5.78. The zero-order chi connectivity index (χ0) is 27.1. The first-order chi connectivity index (χ1) is 18.2. The third-order valence-electron chi connectivity index (χ3n) is 7.84. The molecule has 3 N–H and O–H groups in total. The number of carbonyl (C=O) groups is 2. The molecule has 1 aliphatic carbocycles. The Morgan fingerprint density at radius 3 is 2.29 bits per heavy atom. The predicted molar refractivity (Wildman–Crippen MR) is 134 cm³/mol. The largest absolute Gasteiger partial charge is 0.502 e. The fourth-order valence-corrected chi connectivity index (χ4v) is 6.23. The first-order valence-electron chi connectivity index (χ1n) is 12.4. The maximum absolute atomic E-state index is 13.4. The minimum Gasteiger partial charge on any atom is -0.502 e. The van der Waals surface area contributed by atoms with Gasteiger partial charge in [0, 0.05) is 23.8 Å². The van der Waals surface area contributed by atoms with Crippen molar-refractivity contribution in [2.45, 2.75) is 24.3 Å². The van der Waals surface area contributed by atoms with Crippen LogP contribution in [0.3, 0.4) is 0 Å². The summed E-state index contributed by atoms with van der Waals surface area (Å²) in [5, 5.41) is 10.5. The van der Waals surface area contributed by atoms with Crippen molar-refractivity contribution in [1.29, 1.82) is 0 Å². The second kappa shape index (κ2) is 10.1. The number of hydrogen-bond donors (Lipinski definition) is 2. The van der Waals surface area contributed by atoms with Gasteiger partial charge in [0.25, 0.3) is 0 Å². The number of hydrogen-bond acceptors (Lipinski definition) is 10. The molecule has 1 saturated heterocycles. The molecule has 11 nitrogen and oxygen atoms in total. The second-order valence-electron chi connectivity index (χ2n) is 9.92. The van der Waals surface area contributed by atoms with Crippen LogP contribution >= 0.6 is 0 Å². The maximum atomic E-state index is 13.4. The Morgan fingerprint density at radius 1 is 1.08 bits per heavy atom. The smallest absolute Gasteiger partial charge is 0.404 e. The molecule has 0 saturated carbocycles. The minimum atomic E-state index is -0.844. The average molecular weight is 529 g/mol. The number of ether oxygens (including phenoxy) is 6. The normalized spacial score (nSPS) is 23.9. The van der Waals surface area contributed by atoms with Gasteiger partial charge >= 0.3 is 12.1 Å². The van der Waals surface area contributed by atoms with Gasteiger partial charge in [-0.05, 0) is 61.5 Å². The van der Waals surface area contributed by atoms with E-state index in [9.17, 15) is 14.7 Å². The van der Waals surface area contributed by atoms with Crippen LogP contribution in [-0.4, -0.2) is 76.4 Å². The van der Waals surface area contributed by atoms with Crippen molar-refractivity contribution in [3.8, 4) is 28.7 Å². The number of aromatic hydroxyl groups is 1. The quantitative estimate of drug-likeness (QED) is 0.492. The Labute approximate surface area is 220 Å². The van der Waals surface area contributed by atoms with Crippen LogP contribution in [0.1, 0.15) is 34.9 Å². The molecule has 0 bridgehead atoms. The Morgan fingerprint density at radius 2 is 1.71 bits per heavy atom. The highest BCUT2D eigenvalue weighted by Crippen LogP contribution is 2.57. The van der Waals surface area contributed by atoms with E-state index in [4.69, 9.17) is 34.2 Å². The summed E-state index contributed by atoms with van der Waals surface area (Å²) < 4.78 is 33.1. The second-order valence-corrected chi connectivity index (χ2v) is 9.92. The van der Waals surface area contributed by atoms with Gasteiger partial charge in [-0.3, -0.25) is 4.79 Å². The van der Waals surface area contributed by atoms with Crippen LogP contribution in [0.2, 0.25) is 0 Å². The zero-order valence-electron chi connectivity index (χ0n) is 21.8. The Kier molecular flexibility index (Phi) is 6.87. The van der Waals surface area contributed by atoms with Crippen molar-refractivity contribution < 1.29 is 43.1 Å². The summed E-state index contributed by atoms with van der Waals surface area (Å²) in [5.41, 5.74) is 7.88. The van der Waals surface area contributed by atoms with Crippen LogP contribution in [0.25, 0.3) is 0 Å². The number of likely N-dealkylation sites (N-methyl/N-ethyl adjacent to an activating group) is 1. The number of rotatable bonds is 8. The van der Waals surface area contributed by atoms with E-state index in [1.165, 1.54) is 14.2 Å². The summed E-state index contributed by atoms with van der Waals surface area (Å²) in [6.45, 7) is 0.436. The molecule has 0 spiro atoms. The van der Waals surface area contributed by atoms with Crippen LogP contribution < -0.4 is 24.7 Å². The van der Waals surface area contributed by atoms with Gasteiger partial charge in [-0.1, -0.05) is 0 Å². The number of amides is 1. The van der Waals surface area contributed by atoms with Gasteiger partial charge in [0.15, 0.2) is 23.0 Å². The first-order valence-corrected chi connectivity index (χ1v) is 12.4. The molecule has 1 fully saturated rings. The molecule has 204 valence electrons. The molecule has 5 rings (SSSR count). The van der Waals surface area contributed by atoms with Gasteiger partial charge in [0.2, 0.25) is 12.5 Å². The molecule has 2 aliphatic heterocycles. The summed E-state index contributed by atoms with van der Waals surface area (Å²) in [7, 11) is 6.81. The third-order valence-corrected chi connectivity index (χ3v) is 7.84. The number of primary amides is 1. The van der Waals surface area contributed by atoms with E-state index in [1.54, 1.807) is 12.1 Å². The summed E-state index contributed by atoms with van der Waals surface area (Å²) in [6, 6.07) is 7.25. The average Bonchev–Trinajstić information content (AvgIpc) is 3.50. The number of cyclic esters (lactones) is 1. The van der Waals surface area contributed by atoms with Crippen LogP contribution in [0, 0.1) is 11.8 Å². The first kappa shape index (κ1) is 25.8. The number of benzene rings is 2. The van der Waals surface area contributed by atoms with Gasteiger partial charge in [-0.15, -0.1) is 0 Å². The lowest BCUT2D eigenvalue weighted by molar-refractivity contribution is -0.142. The lowest BCUT2D eigenvalue weighted by Gasteiger charge is -2.44. The molecule has 1 unspecified atom stereocenters. The van der Waals surface area contributed by atoms with Gasteiger partial charge < -0.3 is 44.2 Å². The highest BCUT2D eigenvalue weighted by Gasteiger charge is 2.54. The SMILES string of the molecule is COc1cc([C@@H]2c3cc4c(cc3[C@H](C(CCOC(N)=O)N(C)C)[C@H]3C(=O)OC[C@@H]23)OCO4)cc(OC)c1O. The van der Waals surface area contributed by atoms with E-state index in [2.05, 4.69) is 0 Å². The number of phenolic OH excluding ortho intramolecular Hbond substituents is 1. The number of carbonyl (C=O) groups excluding carboxylic acids is 2. The topological polar surface area (TPSA) is 139 Å². The lowest BCUT2D eigenvalue weighted by atomic mass is 9.60. The number of phenols is 1. The molecule has 11 heteroatoms. The summed E-state index contributed by atoms with van der Waals surface area (Å²) >= 11 is 0. The molecular formula is C27H32N2O9. The molecule has 38 heavy (non-hydrogen) atoms. The molecule has 1 amide bonds. The van der Waals surface area contributed by atoms with E-state index in [0.717, 1.165) is 16.7 Å². The molecule has 2 aromatic carbocycles. The van der Waals surface area contributed by atoms with E-state index < -0.39 is 12.0 Å². The number of methoxy groups -OCH3 is 2. The van der Waals surface area contributed by atoms with Gasteiger partial charge in [0.05, 0.1) is 33.4 Å². The number of esters is 1. The summed E-state index contributed by atoms with van der Waals surface area (Å²) in [5.74, 6) is 0.0726. The third kappa shape index (κ3) is 4.30. The fourth-order valence-electron chi connectivity index (χ4n) is 6.23. The van der Waals surface area contributed by atoms with Crippen LogP contribution in [0.4, 0.5) is 4.79 Å². The number of fused-ring (bicyclic) bond motifs is 3. The maximum Gasteiger partial charge on any atom is 0.404 e. The van der Waals surface area contributed by atoms with E-state index in [-0.39, 0.29) is 67.0 Å². The van der Waals surface area contributed by atoms with Crippen molar-refractivity contribution in [3.63, 3.8) is 0 Å². The van der Waals surface area contributed by atoms with Crippen molar-refractivity contribution >= 4 is 12.1 Å². The highest BCUT2D eigenvalue weighted by atomic mass is 16.7. The predicted octanol–water partition coefficient (Wildman–Crippen LogP) is 2.57. The van der Waals surface area contributed by atoms with E-state index >= 15 is 0 Å². The van der Waals surface area contributed by atoms with Crippen LogP contribution in [0.5, 0.6) is 28.7 Å². The molecule has 5 atom stereocenters. The monoisotopic (exact) mass is 528 g/mol. The molecule has 0 radical (unpaired) electrons. The van der Waals surface area contributed by atoms with Gasteiger partial charge in [0.1, 0.15) is 0 Å². The zero-order valence-corrected chi connectivity index (χ0v) is 21.8. The lowest BCUT2D eigenvalue weighted by Crippen LogP contribution is -2.45. The minimum absolute atomic E-state index is 0.101. The number of nitrogens with zero attached hydrogens (tertiary/aromatic N) is 1. The summed E-state index contributed by atoms with van der Waals surface area (Å²) in [6.07, 6.45) is -0.389. The standard InChI is InChI=1S/C27H32N2O9/c1-29(2)17(5-6-35-27(28)32)23-15-10-19-18(37-12-38-19)9-14(15)22(16-11-36-26(31)24(16)23)13-7-20(33-3)25(30)21(8-13)34-4/h7-10,16-17,22-24,30H,5-6,11-12H2,1-4H3,(H2,28,32)/t16-,17?,22+,23+,24-/m0/s1. The van der Waals surface area contributed by atoms with Crippen molar-refractivity contribution in [2.24, 2.45) is 17.6 Å². The van der Waals surface area contributed by atoms with Gasteiger partial charge in [-0.25, -0.2) is 4.79 Å². The molecule has 3 aliphatic rings. The van der Waals surface area contributed by atoms with Crippen molar-refractivity contribution in [1.82, 2.24) is 4.90 Å². The van der Waals surface area contributed by atoms with Crippen LogP contribution in [-0.2, 0) is 14.3 Å². The van der Waals surface area contributed by atoms with E-state index in [1.807, 2.05) is 31.1 Å². The van der Waals surface area contributed by atoms with Crippen molar-refractivity contribution in [2.75, 3.05) is 48.3 Å². The fraction of sp³-hybridized carbons (Fsp3) is 0.481. The molecular weight excluding hydrogens is 496 g/mol. The van der Waals surface area contributed by atoms with Crippen LogP contribution in [0.15, 0.2) is 24.3 Å². The van der Waals surface area contributed by atoms with E-state index in [0.29, 0.717) is 17.9 Å². The summed E-state index contributed by atoms with van der Waals surface area (Å²) in [4.78, 5) is 26.6. The number of nitrogens with two attached hydrogens (primary N) is 1. The van der Waals surface area contributed by atoms with Crippen molar-refractivity contribution in [3.05, 3.63) is 41.0 Å². The molecule has 2 heterocycles. The Balaban J connectivity index is 1.70. The molecule has 0 aromatic heterocycles. The Bertz CT molecular complexity index is 1220. The molecule has 2 aromatic rings. The Hall–Kier alpha value is -3.86. The van der Waals surface area contributed by atoms with Gasteiger partial charge in [-0.2, -0.15) is 0 Å².